The molecule has 0 unspecified atom stereocenters. The van der Waals surface area contributed by atoms with E-state index < -0.39 is 0 Å². The highest BCUT2D eigenvalue weighted by atomic mass is 31.1. The Morgan fingerprint density at radius 2 is 0.917 bits per heavy atom. The standard InChI is InChI=1S/C22H36P2/c1-5-17-13-14-18(6-2)23(17)21-11-9-10-12-22(21)24-19(7-3)15-16-20(24)8-4/h9-12,17-20H,5-8,13-16H2,1-4H3/t17-,18-,19+,20+. The van der Waals surface area contributed by atoms with Gasteiger partial charge in [-0.25, -0.2) is 0 Å². The van der Waals surface area contributed by atoms with Crippen molar-refractivity contribution in [3.8, 4) is 0 Å². The van der Waals surface area contributed by atoms with E-state index in [0.717, 1.165) is 22.6 Å². The van der Waals surface area contributed by atoms with Gasteiger partial charge in [-0.3, -0.25) is 0 Å². The molecule has 2 heteroatoms. The molecule has 2 heterocycles. The van der Waals surface area contributed by atoms with Crippen LogP contribution in [0.2, 0.25) is 0 Å². The van der Waals surface area contributed by atoms with Gasteiger partial charge in [0.15, 0.2) is 0 Å². The molecule has 4 atom stereocenters. The predicted octanol–water partition coefficient (Wildman–Crippen LogP) is 6.60. The van der Waals surface area contributed by atoms with Gasteiger partial charge >= 0.3 is 0 Å². The van der Waals surface area contributed by atoms with E-state index in [1.54, 1.807) is 0 Å². The molecule has 0 saturated carbocycles. The molecule has 0 radical (unpaired) electrons. The van der Waals surface area contributed by atoms with Crippen molar-refractivity contribution in [3.63, 3.8) is 0 Å². The van der Waals surface area contributed by atoms with E-state index in [0.29, 0.717) is 0 Å². The van der Waals surface area contributed by atoms with Crippen molar-refractivity contribution in [2.75, 3.05) is 0 Å². The maximum absolute atomic E-state index is 2.55. The zero-order valence-corrected chi connectivity index (χ0v) is 18.0. The summed E-state index contributed by atoms with van der Waals surface area (Å²) in [6.45, 7) is 9.74. The van der Waals surface area contributed by atoms with Crippen molar-refractivity contribution >= 4 is 26.5 Å². The lowest BCUT2D eigenvalue weighted by atomic mass is 10.1. The summed E-state index contributed by atoms with van der Waals surface area (Å²) in [6.07, 6.45) is 11.5. The smallest absolute Gasteiger partial charge is 0.0158 e. The molecule has 134 valence electrons. The highest BCUT2D eigenvalue weighted by Crippen LogP contribution is 2.61. The molecule has 0 nitrogen and oxygen atoms in total. The monoisotopic (exact) mass is 362 g/mol. The van der Waals surface area contributed by atoms with E-state index >= 15 is 0 Å². The topological polar surface area (TPSA) is 0 Å². The van der Waals surface area contributed by atoms with E-state index in [9.17, 15) is 0 Å². The molecule has 0 bridgehead atoms. The van der Waals surface area contributed by atoms with Crippen LogP contribution in [0.4, 0.5) is 0 Å². The molecule has 0 aromatic heterocycles. The summed E-state index contributed by atoms with van der Waals surface area (Å²) in [5.74, 6) is 0. The van der Waals surface area contributed by atoms with Gasteiger partial charge in [-0.15, -0.1) is 0 Å². The molecule has 3 rings (SSSR count). The van der Waals surface area contributed by atoms with Crippen LogP contribution in [0.5, 0.6) is 0 Å². The predicted molar refractivity (Wildman–Crippen MR) is 114 cm³/mol. The molecule has 0 spiro atoms. The Morgan fingerprint density at radius 3 is 1.17 bits per heavy atom. The molecule has 2 aliphatic rings. The molecular weight excluding hydrogens is 326 g/mol. The van der Waals surface area contributed by atoms with Crippen LogP contribution in [0.25, 0.3) is 0 Å². The van der Waals surface area contributed by atoms with Gasteiger partial charge in [0.05, 0.1) is 0 Å². The Labute approximate surface area is 152 Å². The van der Waals surface area contributed by atoms with E-state index in [1.165, 1.54) is 51.4 Å². The molecule has 1 aromatic carbocycles. The number of hydrogen-bond acceptors (Lipinski definition) is 0. The van der Waals surface area contributed by atoms with Crippen LogP contribution in [0, 0.1) is 0 Å². The third-order valence-corrected chi connectivity index (χ3v) is 14.3. The summed E-state index contributed by atoms with van der Waals surface area (Å²) in [7, 11) is 0.128. The van der Waals surface area contributed by atoms with E-state index in [4.69, 9.17) is 0 Å². The molecule has 0 N–H and O–H groups in total. The minimum Gasteiger partial charge on any atom is -0.0683 e. The highest BCUT2D eigenvalue weighted by Gasteiger charge is 2.40. The first-order valence-electron chi connectivity index (χ1n) is 10.4. The largest absolute Gasteiger partial charge is 0.0683 e. The van der Waals surface area contributed by atoms with E-state index in [1.807, 2.05) is 10.6 Å². The third-order valence-electron chi connectivity index (χ3n) is 6.56. The Hall–Kier alpha value is 0.0800. The van der Waals surface area contributed by atoms with Crippen molar-refractivity contribution in [1.82, 2.24) is 0 Å². The normalized spacial score (nSPS) is 31.8. The maximum atomic E-state index is 2.55. The van der Waals surface area contributed by atoms with Gasteiger partial charge < -0.3 is 0 Å². The average Bonchev–Trinajstić information content (AvgIpc) is 3.24. The van der Waals surface area contributed by atoms with Crippen LogP contribution in [0.1, 0.15) is 79.1 Å². The maximum Gasteiger partial charge on any atom is -0.0158 e. The highest BCUT2D eigenvalue weighted by molar-refractivity contribution is 7.73. The zero-order chi connectivity index (χ0) is 17.1. The third kappa shape index (κ3) is 3.48. The molecular formula is C22H36P2. The lowest BCUT2D eigenvalue weighted by molar-refractivity contribution is 0.696. The van der Waals surface area contributed by atoms with Crippen LogP contribution < -0.4 is 10.6 Å². The van der Waals surface area contributed by atoms with Crippen molar-refractivity contribution in [2.24, 2.45) is 0 Å². The zero-order valence-electron chi connectivity index (χ0n) is 16.2. The lowest BCUT2D eigenvalue weighted by Gasteiger charge is -2.32. The van der Waals surface area contributed by atoms with E-state index in [-0.39, 0.29) is 15.8 Å². The lowest BCUT2D eigenvalue weighted by Crippen LogP contribution is -2.30. The Balaban J connectivity index is 2.01. The van der Waals surface area contributed by atoms with Gasteiger partial charge in [0.25, 0.3) is 0 Å². The van der Waals surface area contributed by atoms with Gasteiger partial charge in [0, 0.05) is 0 Å². The van der Waals surface area contributed by atoms with Crippen LogP contribution >= 0.6 is 15.8 Å². The van der Waals surface area contributed by atoms with Gasteiger partial charge in [-0.1, -0.05) is 67.8 Å². The molecule has 2 saturated heterocycles. The number of rotatable bonds is 6. The van der Waals surface area contributed by atoms with Gasteiger partial charge in [-0.2, -0.15) is 0 Å². The van der Waals surface area contributed by atoms with Crippen molar-refractivity contribution in [1.29, 1.82) is 0 Å². The molecule has 0 aliphatic carbocycles. The summed E-state index contributed by atoms with van der Waals surface area (Å²) >= 11 is 0. The van der Waals surface area contributed by atoms with Crippen LogP contribution in [-0.4, -0.2) is 22.6 Å². The SMILES string of the molecule is CC[C@@H]1CC[C@@H](CC)P1c1ccccc1P1[C@@H](CC)CC[C@@H]1CC. The molecule has 2 aliphatic heterocycles. The average molecular weight is 362 g/mol. The van der Waals surface area contributed by atoms with Crippen molar-refractivity contribution < 1.29 is 0 Å². The first kappa shape index (κ1) is 18.9. The van der Waals surface area contributed by atoms with Crippen LogP contribution in [-0.2, 0) is 0 Å². The molecule has 1 aromatic rings. The Morgan fingerprint density at radius 1 is 0.625 bits per heavy atom. The molecule has 2 fully saturated rings. The summed E-state index contributed by atoms with van der Waals surface area (Å²) in [6, 6.07) is 9.79. The minimum absolute atomic E-state index is 0.0639. The minimum atomic E-state index is 0.0639. The van der Waals surface area contributed by atoms with Crippen LogP contribution in [0.3, 0.4) is 0 Å². The second-order valence-electron chi connectivity index (χ2n) is 7.71. The van der Waals surface area contributed by atoms with Gasteiger partial charge in [0.2, 0.25) is 0 Å². The van der Waals surface area contributed by atoms with Gasteiger partial charge in [-0.05, 0) is 84.6 Å². The summed E-state index contributed by atoms with van der Waals surface area (Å²) < 4.78 is 0. The van der Waals surface area contributed by atoms with Crippen molar-refractivity contribution in [3.05, 3.63) is 24.3 Å². The molecule has 0 amide bonds. The first-order chi connectivity index (χ1) is 11.7. The van der Waals surface area contributed by atoms with Crippen LogP contribution in [0.15, 0.2) is 24.3 Å². The fourth-order valence-corrected chi connectivity index (χ4v) is 13.1. The summed E-state index contributed by atoms with van der Waals surface area (Å²) in [4.78, 5) is 0. The number of benzene rings is 1. The summed E-state index contributed by atoms with van der Waals surface area (Å²) in [5, 5.41) is 3.68. The first-order valence-corrected chi connectivity index (χ1v) is 13.4. The second kappa shape index (κ2) is 8.64. The fourth-order valence-electron chi connectivity index (χ4n) is 5.21. The summed E-state index contributed by atoms with van der Waals surface area (Å²) in [5.41, 5.74) is 3.96. The Bertz CT molecular complexity index is 455. The van der Waals surface area contributed by atoms with E-state index in [2.05, 4.69) is 52.0 Å². The quantitative estimate of drug-likeness (QED) is 0.500. The molecule has 24 heavy (non-hydrogen) atoms. The Kier molecular flexibility index (Phi) is 6.79. The second-order valence-corrected chi connectivity index (χ2v) is 13.2. The van der Waals surface area contributed by atoms with Crippen molar-refractivity contribution in [2.45, 2.75) is 102 Å². The fraction of sp³-hybridized carbons (Fsp3) is 0.727. The number of hydrogen-bond donors (Lipinski definition) is 0. The van der Waals surface area contributed by atoms with Gasteiger partial charge in [0.1, 0.15) is 0 Å².